The number of halogens is 2. The van der Waals surface area contributed by atoms with E-state index in [0.29, 0.717) is 22.3 Å². The summed E-state index contributed by atoms with van der Waals surface area (Å²) >= 11 is 0. The average Bonchev–Trinajstić information content (AvgIpc) is 3.30. The number of nitrogens with zero attached hydrogens (tertiary/aromatic N) is 3. The van der Waals surface area contributed by atoms with Crippen LogP contribution in [-0.2, 0) is 0 Å². The number of carbonyl (C=O) groups excluding carboxylic acids is 1. The lowest BCUT2D eigenvalue weighted by Gasteiger charge is -2.16. The fraction of sp³-hybridized carbons (Fsp3) is 0.263. The van der Waals surface area contributed by atoms with Gasteiger partial charge in [-0.3, -0.25) is 4.57 Å². The maximum Gasteiger partial charge on any atom is 0.321 e. The Balaban J connectivity index is 1.62. The van der Waals surface area contributed by atoms with Crippen molar-refractivity contribution < 1.29 is 13.6 Å². The zero-order valence-electron chi connectivity index (χ0n) is 14.0. The van der Waals surface area contributed by atoms with Gasteiger partial charge in [-0.15, -0.1) is 0 Å². The van der Waals surface area contributed by atoms with Gasteiger partial charge in [-0.25, -0.2) is 9.78 Å². The second-order valence-electron chi connectivity index (χ2n) is 6.27. The third kappa shape index (κ3) is 3.00. The van der Waals surface area contributed by atoms with E-state index in [-0.39, 0.29) is 11.9 Å². The molecule has 2 heterocycles. The molecule has 1 aliphatic heterocycles. The molecular weight excluding hydrogens is 338 g/mol. The zero-order valence-corrected chi connectivity index (χ0v) is 14.0. The van der Waals surface area contributed by atoms with Gasteiger partial charge in [0.15, 0.2) is 0 Å². The van der Waals surface area contributed by atoms with Crippen molar-refractivity contribution in [1.82, 2.24) is 14.5 Å². The van der Waals surface area contributed by atoms with Crippen LogP contribution in [0.2, 0.25) is 0 Å². The number of alkyl halides is 2. The molecule has 2 amide bonds. The number of nitrogens with one attached hydrogen (secondary N) is 1. The van der Waals surface area contributed by atoms with Crippen molar-refractivity contribution in [2.45, 2.75) is 19.4 Å². The predicted octanol–water partition coefficient (Wildman–Crippen LogP) is 4.73. The van der Waals surface area contributed by atoms with E-state index >= 15 is 0 Å². The van der Waals surface area contributed by atoms with Gasteiger partial charge in [0.1, 0.15) is 5.82 Å². The molecule has 0 bridgehead atoms. The molecule has 1 N–H and O–H groups in total. The molecule has 1 aromatic heterocycles. The van der Waals surface area contributed by atoms with Crippen molar-refractivity contribution in [1.29, 1.82) is 0 Å². The SMILES string of the molecule is O=C(Nc1ccc(-c2nc3ccccc3n2C(F)F)cc1)N1CCCC1. The summed E-state index contributed by atoms with van der Waals surface area (Å²) < 4.78 is 28.0. The Morgan fingerprint density at radius 3 is 2.42 bits per heavy atom. The third-order valence-corrected chi connectivity index (χ3v) is 4.58. The lowest BCUT2D eigenvalue weighted by molar-refractivity contribution is 0.0764. The molecule has 26 heavy (non-hydrogen) atoms. The van der Waals surface area contributed by atoms with Gasteiger partial charge >= 0.3 is 12.6 Å². The van der Waals surface area contributed by atoms with Gasteiger partial charge in [-0.05, 0) is 49.2 Å². The molecule has 1 aliphatic rings. The first kappa shape index (κ1) is 16.5. The van der Waals surface area contributed by atoms with Crippen molar-refractivity contribution in [2.75, 3.05) is 18.4 Å². The number of aromatic nitrogens is 2. The lowest BCUT2D eigenvalue weighted by Crippen LogP contribution is -2.32. The number of rotatable bonds is 3. The van der Waals surface area contributed by atoms with Crippen molar-refractivity contribution in [3.8, 4) is 11.4 Å². The molecule has 1 saturated heterocycles. The van der Waals surface area contributed by atoms with E-state index in [1.807, 2.05) is 0 Å². The minimum Gasteiger partial charge on any atom is -0.325 e. The summed E-state index contributed by atoms with van der Waals surface area (Å²) in [4.78, 5) is 18.2. The summed E-state index contributed by atoms with van der Waals surface area (Å²) in [7, 11) is 0. The number of para-hydroxylation sites is 2. The second kappa shape index (κ2) is 6.74. The van der Waals surface area contributed by atoms with Crippen molar-refractivity contribution >= 4 is 22.8 Å². The van der Waals surface area contributed by atoms with Crippen LogP contribution in [0.15, 0.2) is 48.5 Å². The minimum absolute atomic E-state index is 0.130. The summed E-state index contributed by atoms with van der Waals surface area (Å²) in [5.41, 5.74) is 2.11. The first-order chi connectivity index (χ1) is 12.6. The molecule has 1 fully saturated rings. The fourth-order valence-electron chi connectivity index (χ4n) is 3.27. The summed E-state index contributed by atoms with van der Waals surface area (Å²) in [6, 6.07) is 13.5. The number of hydrogen-bond donors (Lipinski definition) is 1. The molecule has 2 aromatic carbocycles. The normalized spacial score (nSPS) is 14.3. The van der Waals surface area contributed by atoms with E-state index in [0.717, 1.165) is 30.5 Å². The summed E-state index contributed by atoms with van der Waals surface area (Å²) in [5, 5.41) is 2.84. The van der Waals surface area contributed by atoms with E-state index in [9.17, 15) is 13.6 Å². The summed E-state index contributed by atoms with van der Waals surface area (Å²) in [6.45, 7) is -1.16. The van der Waals surface area contributed by atoms with Gasteiger partial charge in [0.25, 0.3) is 0 Å². The van der Waals surface area contributed by atoms with Gasteiger partial charge in [-0.1, -0.05) is 12.1 Å². The van der Waals surface area contributed by atoms with Crippen LogP contribution in [0, 0.1) is 0 Å². The maximum absolute atomic E-state index is 13.6. The Hall–Kier alpha value is -2.96. The third-order valence-electron chi connectivity index (χ3n) is 4.58. The van der Waals surface area contributed by atoms with Crippen molar-refractivity contribution in [3.05, 3.63) is 48.5 Å². The molecule has 3 aromatic rings. The van der Waals surface area contributed by atoms with Crippen molar-refractivity contribution in [2.24, 2.45) is 0 Å². The number of benzene rings is 2. The molecule has 4 rings (SSSR count). The van der Waals surface area contributed by atoms with E-state index in [1.165, 1.54) is 0 Å². The van der Waals surface area contributed by atoms with Crippen LogP contribution in [0.1, 0.15) is 19.4 Å². The summed E-state index contributed by atoms with van der Waals surface area (Å²) in [6.07, 6.45) is 2.05. The highest BCUT2D eigenvalue weighted by atomic mass is 19.3. The smallest absolute Gasteiger partial charge is 0.321 e. The number of carbonyl (C=O) groups is 1. The Kier molecular flexibility index (Phi) is 4.28. The highest BCUT2D eigenvalue weighted by molar-refractivity contribution is 5.90. The number of anilines is 1. The highest BCUT2D eigenvalue weighted by Gasteiger charge is 2.20. The van der Waals surface area contributed by atoms with Crippen LogP contribution in [-0.4, -0.2) is 33.6 Å². The van der Waals surface area contributed by atoms with E-state index < -0.39 is 6.55 Å². The van der Waals surface area contributed by atoms with Crippen LogP contribution in [0.3, 0.4) is 0 Å². The van der Waals surface area contributed by atoms with Gasteiger partial charge in [-0.2, -0.15) is 8.78 Å². The number of fused-ring (bicyclic) bond motifs is 1. The maximum atomic E-state index is 13.6. The quantitative estimate of drug-likeness (QED) is 0.738. The molecular formula is C19H18F2N4O. The Morgan fingerprint density at radius 1 is 1.04 bits per heavy atom. The number of hydrogen-bond acceptors (Lipinski definition) is 2. The molecule has 0 spiro atoms. The highest BCUT2D eigenvalue weighted by Crippen LogP contribution is 2.30. The molecule has 0 atom stereocenters. The van der Waals surface area contributed by atoms with Crippen LogP contribution in [0.25, 0.3) is 22.4 Å². The molecule has 0 radical (unpaired) electrons. The molecule has 0 unspecified atom stereocenters. The molecule has 134 valence electrons. The van der Waals surface area contributed by atoms with E-state index in [4.69, 9.17) is 0 Å². The number of imidazole rings is 1. The van der Waals surface area contributed by atoms with Crippen molar-refractivity contribution in [3.63, 3.8) is 0 Å². The number of likely N-dealkylation sites (tertiary alicyclic amines) is 1. The van der Waals surface area contributed by atoms with Crippen LogP contribution >= 0.6 is 0 Å². The molecule has 0 aliphatic carbocycles. The second-order valence-corrected chi connectivity index (χ2v) is 6.27. The first-order valence-corrected chi connectivity index (χ1v) is 8.55. The monoisotopic (exact) mass is 356 g/mol. The first-order valence-electron chi connectivity index (χ1n) is 8.55. The number of amides is 2. The Morgan fingerprint density at radius 2 is 1.73 bits per heavy atom. The van der Waals surface area contributed by atoms with Crippen LogP contribution in [0.4, 0.5) is 19.3 Å². The van der Waals surface area contributed by atoms with E-state index in [1.54, 1.807) is 53.4 Å². The van der Waals surface area contributed by atoms with Gasteiger partial charge < -0.3 is 10.2 Å². The largest absolute Gasteiger partial charge is 0.325 e. The molecule has 0 saturated carbocycles. The predicted molar refractivity (Wildman–Crippen MR) is 96.2 cm³/mol. The van der Waals surface area contributed by atoms with Crippen LogP contribution < -0.4 is 5.32 Å². The number of urea groups is 1. The Labute approximate surface area is 149 Å². The van der Waals surface area contributed by atoms with Gasteiger partial charge in [0.05, 0.1) is 11.0 Å². The fourth-order valence-corrected chi connectivity index (χ4v) is 3.27. The molecule has 5 nitrogen and oxygen atoms in total. The lowest BCUT2D eigenvalue weighted by atomic mass is 10.2. The Bertz CT molecular complexity index is 930. The topological polar surface area (TPSA) is 50.2 Å². The molecule has 7 heteroatoms. The van der Waals surface area contributed by atoms with E-state index in [2.05, 4.69) is 10.3 Å². The minimum atomic E-state index is -2.69. The van der Waals surface area contributed by atoms with Gasteiger partial charge in [0.2, 0.25) is 0 Å². The van der Waals surface area contributed by atoms with Gasteiger partial charge in [0, 0.05) is 24.3 Å². The average molecular weight is 356 g/mol. The van der Waals surface area contributed by atoms with Crippen LogP contribution in [0.5, 0.6) is 0 Å². The standard InChI is InChI=1S/C19H18F2N4O/c20-18(21)25-16-6-2-1-5-15(16)23-17(25)13-7-9-14(10-8-13)22-19(26)24-11-3-4-12-24/h1-2,5-10,18H,3-4,11-12H2,(H,22,26). The summed E-state index contributed by atoms with van der Waals surface area (Å²) in [5.74, 6) is 0.207. The zero-order chi connectivity index (χ0) is 18.1.